The number of nitriles is 1. The molecule has 0 spiro atoms. The number of hydrogen-bond acceptors (Lipinski definition) is 4. The summed E-state index contributed by atoms with van der Waals surface area (Å²) in [6.45, 7) is 1.93. The Labute approximate surface area is 81.6 Å². The van der Waals surface area contributed by atoms with Crippen LogP contribution in [0, 0.1) is 11.3 Å². The Morgan fingerprint density at radius 1 is 1.75 bits per heavy atom. The highest BCUT2D eigenvalue weighted by molar-refractivity contribution is 8.15. The molecule has 0 aliphatic rings. The van der Waals surface area contributed by atoms with Gasteiger partial charge >= 0.3 is 0 Å². The molecular formula is C7H10N2OS2. The molecule has 0 saturated heterocycles. The van der Waals surface area contributed by atoms with E-state index < -0.39 is 0 Å². The number of thioether (sulfide) groups is 1. The fraction of sp³-hybridized carbons (Fsp3) is 0.429. The Morgan fingerprint density at radius 2 is 2.33 bits per heavy atom. The number of amides is 1. The minimum Gasteiger partial charge on any atom is -0.354 e. The summed E-state index contributed by atoms with van der Waals surface area (Å²) in [5, 5.41) is 11.0. The number of carbonyl (C=O) groups excluding carboxylic acids is 1. The van der Waals surface area contributed by atoms with Crippen molar-refractivity contribution in [3.8, 4) is 6.07 Å². The lowest BCUT2D eigenvalue weighted by molar-refractivity contribution is -0.116. The lowest BCUT2D eigenvalue weighted by Gasteiger charge is -2.00. The summed E-state index contributed by atoms with van der Waals surface area (Å²) < 4.78 is 0.472. The van der Waals surface area contributed by atoms with Crippen LogP contribution in [-0.2, 0) is 4.79 Å². The second-order valence-corrected chi connectivity index (χ2v) is 3.83. The van der Waals surface area contributed by atoms with Crippen LogP contribution in [0.25, 0.3) is 0 Å². The van der Waals surface area contributed by atoms with Gasteiger partial charge in [-0.3, -0.25) is 4.79 Å². The van der Waals surface area contributed by atoms with Crippen LogP contribution in [0.2, 0.25) is 0 Å². The van der Waals surface area contributed by atoms with Crippen LogP contribution in [0.3, 0.4) is 0 Å². The summed E-state index contributed by atoms with van der Waals surface area (Å²) in [4.78, 5) is 11.0. The summed E-state index contributed by atoms with van der Waals surface area (Å²) in [5.41, 5.74) is 0.0766. The molecule has 0 heterocycles. The average molecular weight is 202 g/mol. The third-order valence-electron chi connectivity index (χ3n) is 1.06. The fourth-order valence-electron chi connectivity index (χ4n) is 0.530. The minimum absolute atomic E-state index is 0.0766. The number of hydrogen-bond donors (Lipinski definition) is 2. The highest BCUT2D eigenvalue weighted by Gasteiger charge is 2.10. The first-order valence-electron chi connectivity index (χ1n) is 3.35. The van der Waals surface area contributed by atoms with Gasteiger partial charge in [-0.15, -0.1) is 24.4 Å². The summed E-state index contributed by atoms with van der Waals surface area (Å²) >= 11 is 5.41. The zero-order valence-electron chi connectivity index (χ0n) is 6.92. The van der Waals surface area contributed by atoms with Gasteiger partial charge in [-0.1, -0.05) is 6.92 Å². The van der Waals surface area contributed by atoms with Gasteiger partial charge in [-0.25, -0.2) is 0 Å². The molecule has 0 saturated carbocycles. The monoisotopic (exact) mass is 202 g/mol. The van der Waals surface area contributed by atoms with E-state index in [1.807, 2.05) is 13.0 Å². The average Bonchev–Trinajstić information content (AvgIpc) is 2.06. The topological polar surface area (TPSA) is 52.9 Å². The van der Waals surface area contributed by atoms with Crippen molar-refractivity contribution >= 4 is 30.3 Å². The first-order valence-corrected chi connectivity index (χ1v) is 4.78. The summed E-state index contributed by atoms with van der Waals surface area (Å²) in [6.07, 6.45) is 0. The molecule has 0 aromatic carbocycles. The number of rotatable bonds is 3. The van der Waals surface area contributed by atoms with E-state index in [9.17, 15) is 4.79 Å². The van der Waals surface area contributed by atoms with Gasteiger partial charge in [0.1, 0.15) is 11.6 Å². The normalized spacial score (nSPS) is 11.5. The smallest absolute Gasteiger partial charge is 0.263 e. The van der Waals surface area contributed by atoms with Crippen LogP contribution in [0.5, 0.6) is 0 Å². The van der Waals surface area contributed by atoms with Gasteiger partial charge in [0.2, 0.25) is 0 Å². The molecule has 66 valence electrons. The van der Waals surface area contributed by atoms with Gasteiger partial charge in [0.15, 0.2) is 0 Å². The van der Waals surface area contributed by atoms with Crippen molar-refractivity contribution < 1.29 is 4.79 Å². The molecule has 12 heavy (non-hydrogen) atoms. The van der Waals surface area contributed by atoms with Gasteiger partial charge in [-0.05, 0) is 5.75 Å². The molecule has 0 aromatic rings. The van der Waals surface area contributed by atoms with Gasteiger partial charge in [0.05, 0.1) is 4.24 Å². The maximum absolute atomic E-state index is 11.0. The Morgan fingerprint density at radius 3 is 2.67 bits per heavy atom. The SMILES string of the molecule is CCSC(S)=C(C#N)C(=O)NC. The molecule has 0 rings (SSSR count). The highest BCUT2D eigenvalue weighted by atomic mass is 32.2. The van der Waals surface area contributed by atoms with E-state index in [0.29, 0.717) is 4.24 Å². The van der Waals surface area contributed by atoms with Crippen LogP contribution >= 0.6 is 24.4 Å². The minimum atomic E-state index is -0.386. The van der Waals surface area contributed by atoms with Crippen LogP contribution in [0.4, 0.5) is 0 Å². The standard InChI is InChI=1S/C7H10N2OS2/c1-3-12-7(11)5(4-8)6(10)9-2/h11H,3H2,1-2H3,(H,9,10). The Bertz CT molecular complexity index is 242. The third-order valence-corrected chi connectivity index (χ3v) is 2.44. The van der Waals surface area contributed by atoms with Crippen LogP contribution < -0.4 is 5.32 Å². The maximum atomic E-state index is 11.0. The van der Waals surface area contributed by atoms with Crippen molar-refractivity contribution in [2.45, 2.75) is 6.92 Å². The van der Waals surface area contributed by atoms with Crippen molar-refractivity contribution in [3.63, 3.8) is 0 Å². The fourth-order valence-corrected chi connectivity index (χ4v) is 1.62. The number of nitrogens with zero attached hydrogens (tertiary/aromatic N) is 1. The lowest BCUT2D eigenvalue weighted by atomic mass is 10.3. The second kappa shape index (κ2) is 5.98. The summed E-state index contributed by atoms with van der Waals surface area (Å²) in [6, 6.07) is 1.81. The maximum Gasteiger partial charge on any atom is 0.263 e. The lowest BCUT2D eigenvalue weighted by Crippen LogP contribution is -2.19. The van der Waals surface area contributed by atoms with E-state index in [1.165, 1.54) is 18.8 Å². The zero-order valence-corrected chi connectivity index (χ0v) is 8.63. The molecule has 1 amide bonds. The van der Waals surface area contributed by atoms with E-state index in [-0.39, 0.29) is 11.5 Å². The Balaban J connectivity index is 4.64. The molecule has 0 bridgehead atoms. The Hall–Kier alpha value is -0.600. The number of likely N-dealkylation sites (N-methyl/N-ethyl adjacent to an activating group) is 1. The van der Waals surface area contributed by atoms with Gasteiger partial charge < -0.3 is 5.32 Å². The van der Waals surface area contributed by atoms with Crippen molar-refractivity contribution in [1.82, 2.24) is 5.32 Å². The first-order chi connectivity index (χ1) is 5.67. The van der Waals surface area contributed by atoms with E-state index in [1.54, 1.807) is 0 Å². The van der Waals surface area contributed by atoms with Gasteiger partial charge in [0.25, 0.3) is 5.91 Å². The third kappa shape index (κ3) is 3.20. The van der Waals surface area contributed by atoms with Gasteiger partial charge in [-0.2, -0.15) is 5.26 Å². The van der Waals surface area contributed by atoms with Crippen LogP contribution in [-0.4, -0.2) is 18.7 Å². The largest absolute Gasteiger partial charge is 0.354 e. The van der Waals surface area contributed by atoms with Crippen molar-refractivity contribution in [2.24, 2.45) is 0 Å². The zero-order chi connectivity index (χ0) is 9.56. The van der Waals surface area contributed by atoms with Crippen molar-refractivity contribution in [1.29, 1.82) is 5.26 Å². The van der Waals surface area contributed by atoms with E-state index in [2.05, 4.69) is 17.9 Å². The number of thiol groups is 1. The molecule has 0 atom stereocenters. The molecular weight excluding hydrogens is 192 g/mol. The molecule has 0 radical (unpaired) electrons. The molecule has 0 aliphatic heterocycles. The summed E-state index contributed by atoms with van der Waals surface area (Å²) in [5.74, 6) is 0.407. The van der Waals surface area contributed by atoms with Crippen molar-refractivity contribution in [2.75, 3.05) is 12.8 Å². The number of nitrogens with one attached hydrogen (secondary N) is 1. The second-order valence-electron chi connectivity index (χ2n) is 1.80. The Kier molecular flexibility index (Phi) is 5.68. The molecule has 0 aromatic heterocycles. The van der Waals surface area contributed by atoms with Crippen molar-refractivity contribution in [3.05, 3.63) is 9.81 Å². The first kappa shape index (κ1) is 11.4. The van der Waals surface area contributed by atoms with E-state index in [4.69, 9.17) is 5.26 Å². The molecule has 3 nitrogen and oxygen atoms in total. The van der Waals surface area contributed by atoms with Crippen LogP contribution in [0.1, 0.15) is 6.92 Å². The summed E-state index contributed by atoms with van der Waals surface area (Å²) in [7, 11) is 1.48. The number of carbonyl (C=O) groups is 1. The molecule has 0 aliphatic carbocycles. The van der Waals surface area contributed by atoms with Gasteiger partial charge in [0, 0.05) is 7.05 Å². The quantitative estimate of drug-likeness (QED) is 0.410. The molecule has 1 N–H and O–H groups in total. The molecule has 5 heteroatoms. The predicted octanol–water partition coefficient (Wildman–Crippen LogP) is 1.15. The highest BCUT2D eigenvalue weighted by Crippen LogP contribution is 2.22. The molecule has 0 fully saturated rings. The van der Waals surface area contributed by atoms with E-state index >= 15 is 0 Å². The predicted molar refractivity (Wildman–Crippen MR) is 53.8 cm³/mol. The molecule has 0 unspecified atom stereocenters. The van der Waals surface area contributed by atoms with Crippen LogP contribution in [0.15, 0.2) is 9.81 Å². The van der Waals surface area contributed by atoms with E-state index in [0.717, 1.165) is 5.75 Å².